The largest absolute Gasteiger partial charge is 0.542 e. The number of benzene rings is 2. The topological polar surface area (TPSA) is 81.4 Å². The number of anilines is 2. The second-order valence-electron chi connectivity index (χ2n) is 7.68. The van der Waals surface area contributed by atoms with Crippen LogP contribution in [0.15, 0.2) is 47.4 Å². The van der Waals surface area contributed by atoms with Gasteiger partial charge in [-0.2, -0.15) is 0 Å². The molecular formula is C18H25FN2O3SSi. The summed E-state index contributed by atoms with van der Waals surface area (Å²) in [6, 6.07) is 9.46. The fraction of sp³-hybridized carbons (Fsp3) is 0.333. The summed E-state index contributed by atoms with van der Waals surface area (Å²) in [6.45, 7) is 10.4. The van der Waals surface area contributed by atoms with Gasteiger partial charge >= 0.3 is 0 Å². The van der Waals surface area contributed by atoms with E-state index < -0.39 is 24.2 Å². The molecule has 0 aliphatic rings. The van der Waals surface area contributed by atoms with Crippen LogP contribution in [0, 0.1) is 5.82 Å². The monoisotopic (exact) mass is 396 g/mol. The predicted octanol–water partition coefficient (Wildman–Crippen LogP) is 4.59. The number of hydrogen-bond acceptors (Lipinski definition) is 4. The molecule has 0 amide bonds. The Labute approximate surface area is 155 Å². The molecule has 0 spiro atoms. The molecule has 26 heavy (non-hydrogen) atoms. The average molecular weight is 397 g/mol. The minimum absolute atomic E-state index is 0.0420. The normalized spacial score (nSPS) is 12.7. The van der Waals surface area contributed by atoms with Crippen molar-refractivity contribution in [3.8, 4) is 5.75 Å². The smallest absolute Gasteiger partial charge is 0.262 e. The Bertz CT molecular complexity index is 892. The molecule has 5 nitrogen and oxygen atoms in total. The third kappa shape index (κ3) is 4.56. The molecular weight excluding hydrogens is 371 g/mol. The zero-order valence-corrected chi connectivity index (χ0v) is 17.4. The SMILES string of the molecule is CC(C)(C)[Si](C)(C)Oc1ccc(N)cc1NS(=O)(=O)c1ccc(F)cc1. The van der Waals surface area contributed by atoms with Crippen LogP contribution >= 0.6 is 0 Å². The summed E-state index contributed by atoms with van der Waals surface area (Å²) in [5, 5.41) is -0.0541. The van der Waals surface area contributed by atoms with E-state index in [9.17, 15) is 12.8 Å². The van der Waals surface area contributed by atoms with E-state index >= 15 is 0 Å². The molecule has 0 saturated carbocycles. The van der Waals surface area contributed by atoms with Gasteiger partial charge in [-0.05, 0) is 60.6 Å². The summed E-state index contributed by atoms with van der Waals surface area (Å²) in [4.78, 5) is -0.0420. The van der Waals surface area contributed by atoms with Gasteiger partial charge in [0, 0.05) is 5.69 Å². The van der Waals surface area contributed by atoms with Crippen LogP contribution in [0.5, 0.6) is 5.75 Å². The van der Waals surface area contributed by atoms with Gasteiger partial charge in [-0.1, -0.05) is 20.8 Å². The summed E-state index contributed by atoms with van der Waals surface area (Å²) in [6.07, 6.45) is 0. The highest BCUT2D eigenvalue weighted by Crippen LogP contribution is 2.40. The van der Waals surface area contributed by atoms with Gasteiger partial charge in [-0.3, -0.25) is 4.72 Å². The lowest BCUT2D eigenvalue weighted by Gasteiger charge is -2.37. The summed E-state index contributed by atoms with van der Waals surface area (Å²) < 4.78 is 47.1. The fourth-order valence-corrected chi connectivity index (χ4v) is 4.06. The number of nitrogens with two attached hydrogens (primary N) is 1. The summed E-state index contributed by atoms with van der Waals surface area (Å²) >= 11 is 0. The lowest BCUT2D eigenvalue weighted by Crippen LogP contribution is -2.44. The summed E-state index contributed by atoms with van der Waals surface area (Å²) in [5.41, 5.74) is 6.50. The molecule has 2 aromatic rings. The number of nitrogens with one attached hydrogen (secondary N) is 1. The first-order valence-corrected chi connectivity index (χ1v) is 12.6. The molecule has 0 fully saturated rings. The van der Waals surface area contributed by atoms with Gasteiger partial charge in [0.15, 0.2) is 0 Å². The minimum Gasteiger partial charge on any atom is -0.542 e. The standard InChI is InChI=1S/C18H25FN2O3SSi/c1-18(2,3)26(4,5)24-17-11-8-14(20)12-16(17)21-25(22,23)15-9-6-13(19)7-10-15/h6-12,21H,20H2,1-5H3. The molecule has 0 aliphatic heterocycles. The lowest BCUT2D eigenvalue weighted by atomic mass is 10.2. The van der Waals surface area contributed by atoms with E-state index in [1.54, 1.807) is 12.1 Å². The first kappa shape index (κ1) is 20.3. The zero-order chi connectivity index (χ0) is 19.8. The van der Waals surface area contributed by atoms with Gasteiger partial charge < -0.3 is 10.2 Å². The zero-order valence-electron chi connectivity index (χ0n) is 15.6. The van der Waals surface area contributed by atoms with Gasteiger partial charge in [0.2, 0.25) is 0 Å². The molecule has 2 aromatic carbocycles. The van der Waals surface area contributed by atoms with Crippen LogP contribution in [-0.2, 0) is 10.0 Å². The van der Waals surface area contributed by atoms with E-state index in [0.717, 1.165) is 12.1 Å². The van der Waals surface area contributed by atoms with E-state index in [1.165, 1.54) is 18.2 Å². The van der Waals surface area contributed by atoms with Crippen molar-refractivity contribution in [2.75, 3.05) is 10.5 Å². The van der Waals surface area contributed by atoms with Crippen LogP contribution in [0.3, 0.4) is 0 Å². The Hall–Kier alpha value is -2.06. The lowest BCUT2D eigenvalue weighted by molar-refractivity contribution is 0.494. The molecule has 0 atom stereocenters. The molecule has 0 heterocycles. The minimum atomic E-state index is -3.90. The maximum absolute atomic E-state index is 13.1. The van der Waals surface area contributed by atoms with Crippen LogP contribution in [0.25, 0.3) is 0 Å². The molecule has 142 valence electrons. The van der Waals surface area contributed by atoms with E-state index in [0.29, 0.717) is 11.4 Å². The molecule has 3 N–H and O–H groups in total. The number of rotatable bonds is 5. The van der Waals surface area contributed by atoms with Crippen molar-refractivity contribution in [2.45, 2.75) is 43.8 Å². The molecule has 0 unspecified atom stereocenters. The number of halogens is 1. The first-order chi connectivity index (χ1) is 11.8. The number of nitrogen functional groups attached to an aromatic ring is 1. The van der Waals surface area contributed by atoms with Gasteiger partial charge in [0.1, 0.15) is 11.6 Å². The van der Waals surface area contributed by atoms with Crippen molar-refractivity contribution >= 4 is 29.7 Å². The predicted molar refractivity (Wildman–Crippen MR) is 106 cm³/mol. The first-order valence-electron chi connectivity index (χ1n) is 8.19. The van der Waals surface area contributed by atoms with Crippen molar-refractivity contribution < 1.29 is 17.2 Å². The van der Waals surface area contributed by atoms with Gasteiger partial charge in [-0.15, -0.1) is 0 Å². The van der Waals surface area contributed by atoms with Gasteiger partial charge in [0.05, 0.1) is 10.6 Å². The Morgan fingerprint density at radius 2 is 1.65 bits per heavy atom. The second kappa shape index (κ2) is 6.92. The maximum atomic E-state index is 13.1. The highest BCUT2D eigenvalue weighted by Gasteiger charge is 2.39. The Morgan fingerprint density at radius 1 is 1.08 bits per heavy atom. The van der Waals surface area contributed by atoms with Crippen molar-refractivity contribution in [1.29, 1.82) is 0 Å². The third-order valence-corrected chi connectivity index (χ3v) is 10.3. The van der Waals surface area contributed by atoms with Crippen molar-refractivity contribution in [1.82, 2.24) is 0 Å². The number of hydrogen-bond donors (Lipinski definition) is 2. The van der Waals surface area contributed by atoms with Crippen LogP contribution in [-0.4, -0.2) is 16.7 Å². The molecule has 8 heteroatoms. The Morgan fingerprint density at radius 3 is 2.19 bits per heavy atom. The average Bonchev–Trinajstić information content (AvgIpc) is 2.49. The van der Waals surface area contributed by atoms with E-state index in [4.69, 9.17) is 10.2 Å². The van der Waals surface area contributed by atoms with Crippen molar-refractivity contribution in [3.63, 3.8) is 0 Å². The fourth-order valence-electron chi connectivity index (χ4n) is 1.96. The Balaban J connectivity index is 2.40. The summed E-state index contributed by atoms with van der Waals surface area (Å²) in [7, 11) is -6.08. The van der Waals surface area contributed by atoms with Crippen LogP contribution in [0.2, 0.25) is 18.1 Å². The van der Waals surface area contributed by atoms with Crippen molar-refractivity contribution in [3.05, 3.63) is 48.3 Å². The second-order valence-corrected chi connectivity index (χ2v) is 14.1. The molecule has 0 aromatic heterocycles. The third-order valence-electron chi connectivity index (χ3n) is 4.54. The van der Waals surface area contributed by atoms with Crippen LogP contribution < -0.4 is 14.9 Å². The quantitative estimate of drug-likeness (QED) is 0.572. The Kier molecular flexibility index (Phi) is 5.39. The highest BCUT2D eigenvalue weighted by molar-refractivity contribution is 7.92. The van der Waals surface area contributed by atoms with Crippen LogP contribution in [0.4, 0.5) is 15.8 Å². The molecule has 0 bridgehead atoms. The van der Waals surface area contributed by atoms with Gasteiger partial charge in [-0.25, -0.2) is 12.8 Å². The van der Waals surface area contributed by atoms with Crippen LogP contribution in [0.1, 0.15) is 20.8 Å². The molecule has 0 radical (unpaired) electrons. The van der Waals surface area contributed by atoms with E-state index in [-0.39, 0.29) is 15.6 Å². The van der Waals surface area contributed by atoms with E-state index in [2.05, 4.69) is 38.6 Å². The molecule has 0 aliphatic carbocycles. The van der Waals surface area contributed by atoms with Crippen molar-refractivity contribution in [2.24, 2.45) is 0 Å². The number of sulfonamides is 1. The summed E-state index contributed by atoms with van der Waals surface area (Å²) in [5.74, 6) is -0.0775. The van der Waals surface area contributed by atoms with Gasteiger partial charge in [0.25, 0.3) is 18.3 Å². The van der Waals surface area contributed by atoms with E-state index in [1.807, 2.05) is 0 Å². The highest BCUT2D eigenvalue weighted by atomic mass is 32.2. The maximum Gasteiger partial charge on any atom is 0.262 e. The molecule has 0 saturated heterocycles. The molecule has 2 rings (SSSR count).